The van der Waals surface area contributed by atoms with Gasteiger partial charge in [0.05, 0.1) is 24.9 Å². The fraction of sp³-hybridized carbons (Fsp3) is 0.312. The average molecular weight is 368 g/mol. The molecule has 0 atom stereocenters. The van der Waals surface area contributed by atoms with Crippen molar-refractivity contribution in [3.05, 3.63) is 42.2 Å². The van der Waals surface area contributed by atoms with Crippen molar-refractivity contribution in [2.24, 2.45) is 0 Å². The van der Waals surface area contributed by atoms with Crippen LogP contribution in [0.1, 0.15) is 5.56 Å². The summed E-state index contributed by atoms with van der Waals surface area (Å²) in [5, 5.41) is 9.49. The molecule has 0 saturated carbocycles. The van der Waals surface area contributed by atoms with Gasteiger partial charge in [-0.25, -0.2) is 0 Å². The fourth-order valence-electron chi connectivity index (χ4n) is 2.04. The van der Waals surface area contributed by atoms with E-state index >= 15 is 0 Å². The molecule has 0 aliphatic rings. The van der Waals surface area contributed by atoms with Crippen molar-refractivity contribution in [2.75, 3.05) is 31.3 Å². The van der Waals surface area contributed by atoms with E-state index in [1.165, 1.54) is 10.9 Å². The molecule has 136 valence electrons. The first-order chi connectivity index (χ1) is 11.6. The summed E-state index contributed by atoms with van der Waals surface area (Å²) >= 11 is 0. The van der Waals surface area contributed by atoms with Crippen molar-refractivity contribution >= 4 is 35.6 Å². The SMILES string of the molecule is COCCNC(=O)Cn1cc(NC(=O)Cc2ccc(N)cc2)cn1.Cl. The van der Waals surface area contributed by atoms with Crippen LogP contribution in [0, 0.1) is 0 Å². The Labute approximate surface area is 152 Å². The highest BCUT2D eigenvalue weighted by molar-refractivity contribution is 5.92. The van der Waals surface area contributed by atoms with E-state index in [9.17, 15) is 9.59 Å². The molecule has 0 aliphatic heterocycles. The lowest BCUT2D eigenvalue weighted by molar-refractivity contribution is -0.122. The molecule has 4 N–H and O–H groups in total. The first kappa shape index (κ1) is 20.5. The molecule has 2 aromatic rings. The number of aromatic nitrogens is 2. The minimum absolute atomic E-state index is 0. The number of carbonyl (C=O) groups excluding carboxylic acids is 2. The molecule has 1 heterocycles. The van der Waals surface area contributed by atoms with Crippen LogP contribution in [0.15, 0.2) is 36.7 Å². The Morgan fingerprint density at radius 1 is 1.24 bits per heavy atom. The summed E-state index contributed by atoms with van der Waals surface area (Å²) in [6, 6.07) is 7.12. The summed E-state index contributed by atoms with van der Waals surface area (Å²) in [5.74, 6) is -0.334. The Morgan fingerprint density at radius 2 is 1.96 bits per heavy atom. The standard InChI is InChI=1S/C16H21N5O3.ClH/c1-24-7-6-18-16(23)11-21-10-14(9-19-21)20-15(22)8-12-2-4-13(17)5-3-12;/h2-5,9-10H,6-8,11,17H2,1H3,(H,18,23)(H,20,22);1H. The molecule has 0 saturated heterocycles. The van der Waals surface area contributed by atoms with E-state index in [4.69, 9.17) is 10.5 Å². The first-order valence-electron chi connectivity index (χ1n) is 7.49. The van der Waals surface area contributed by atoms with Crippen LogP contribution in [0.2, 0.25) is 0 Å². The molecule has 0 aliphatic carbocycles. The van der Waals surface area contributed by atoms with Crippen molar-refractivity contribution in [3.8, 4) is 0 Å². The van der Waals surface area contributed by atoms with Gasteiger partial charge in [-0.05, 0) is 17.7 Å². The zero-order valence-corrected chi connectivity index (χ0v) is 14.7. The number of rotatable bonds is 8. The number of carbonyl (C=O) groups is 2. The third-order valence-corrected chi connectivity index (χ3v) is 3.20. The van der Waals surface area contributed by atoms with E-state index in [1.807, 2.05) is 12.1 Å². The summed E-state index contributed by atoms with van der Waals surface area (Å²) in [6.07, 6.45) is 3.35. The maximum atomic E-state index is 12.0. The number of hydrogen-bond donors (Lipinski definition) is 3. The van der Waals surface area contributed by atoms with Gasteiger partial charge in [-0.3, -0.25) is 14.3 Å². The summed E-state index contributed by atoms with van der Waals surface area (Å²) in [6.45, 7) is 0.983. The number of nitrogens with one attached hydrogen (secondary N) is 2. The van der Waals surface area contributed by atoms with Crippen molar-refractivity contribution in [1.82, 2.24) is 15.1 Å². The Balaban J connectivity index is 0.00000312. The molecule has 1 aromatic heterocycles. The van der Waals surface area contributed by atoms with Crippen LogP contribution in [0.3, 0.4) is 0 Å². The van der Waals surface area contributed by atoms with Crippen LogP contribution in [0.5, 0.6) is 0 Å². The second-order valence-corrected chi connectivity index (χ2v) is 5.24. The highest BCUT2D eigenvalue weighted by atomic mass is 35.5. The zero-order valence-electron chi connectivity index (χ0n) is 13.9. The normalized spacial score (nSPS) is 9.96. The van der Waals surface area contributed by atoms with E-state index in [-0.39, 0.29) is 37.2 Å². The first-order valence-corrected chi connectivity index (χ1v) is 7.49. The third kappa shape index (κ3) is 7.23. The number of benzene rings is 1. The molecule has 0 bridgehead atoms. The van der Waals surface area contributed by atoms with Crippen LogP contribution >= 0.6 is 12.4 Å². The molecule has 2 rings (SSSR count). The molecule has 0 unspecified atom stereocenters. The summed E-state index contributed by atoms with van der Waals surface area (Å²) < 4.78 is 6.31. The quantitative estimate of drug-likeness (QED) is 0.472. The Kier molecular flexibility index (Phi) is 8.45. The zero-order chi connectivity index (χ0) is 17.4. The number of amides is 2. The maximum Gasteiger partial charge on any atom is 0.241 e. The fourth-order valence-corrected chi connectivity index (χ4v) is 2.04. The van der Waals surface area contributed by atoms with E-state index < -0.39 is 0 Å². The van der Waals surface area contributed by atoms with Gasteiger partial charge in [0.25, 0.3) is 0 Å². The Hall–Kier alpha value is -2.58. The second kappa shape index (κ2) is 10.3. The van der Waals surface area contributed by atoms with Gasteiger partial charge in [0.15, 0.2) is 0 Å². The van der Waals surface area contributed by atoms with Gasteiger partial charge in [-0.2, -0.15) is 5.10 Å². The van der Waals surface area contributed by atoms with Gasteiger partial charge in [0.2, 0.25) is 11.8 Å². The molecule has 8 nitrogen and oxygen atoms in total. The van der Waals surface area contributed by atoms with Crippen LogP contribution in [-0.4, -0.2) is 41.9 Å². The lowest BCUT2D eigenvalue weighted by Crippen LogP contribution is -2.30. The van der Waals surface area contributed by atoms with Crippen LogP contribution in [0.25, 0.3) is 0 Å². The van der Waals surface area contributed by atoms with Gasteiger partial charge in [-0.1, -0.05) is 12.1 Å². The number of anilines is 2. The van der Waals surface area contributed by atoms with Gasteiger partial charge in [0.1, 0.15) is 6.54 Å². The molecule has 0 fully saturated rings. The van der Waals surface area contributed by atoms with E-state index in [1.54, 1.807) is 25.4 Å². The number of nitrogens with two attached hydrogens (primary N) is 1. The maximum absolute atomic E-state index is 12.0. The topological polar surface area (TPSA) is 111 Å². The molecular formula is C16H22ClN5O3. The largest absolute Gasteiger partial charge is 0.399 e. The van der Waals surface area contributed by atoms with Gasteiger partial charge in [-0.15, -0.1) is 12.4 Å². The highest BCUT2D eigenvalue weighted by Gasteiger charge is 2.08. The smallest absolute Gasteiger partial charge is 0.241 e. The van der Waals surface area contributed by atoms with Crippen molar-refractivity contribution < 1.29 is 14.3 Å². The number of nitrogens with zero attached hydrogens (tertiary/aromatic N) is 2. The minimum Gasteiger partial charge on any atom is -0.399 e. The predicted octanol–water partition coefficient (Wildman–Crippen LogP) is 0.831. The number of nitrogen functional groups attached to an aromatic ring is 1. The predicted molar refractivity (Wildman–Crippen MR) is 97.5 cm³/mol. The van der Waals surface area contributed by atoms with Crippen molar-refractivity contribution in [1.29, 1.82) is 0 Å². The monoisotopic (exact) mass is 367 g/mol. The van der Waals surface area contributed by atoms with Crippen molar-refractivity contribution in [2.45, 2.75) is 13.0 Å². The molecule has 0 radical (unpaired) electrons. The minimum atomic E-state index is -0.171. The molecule has 25 heavy (non-hydrogen) atoms. The molecule has 9 heteroatoms. The summed E-state index contributed by atoms with van der Waals surface area (Å²) in [5.41, 5.74) is 7.68. The van der Waals surface area contributed by atoms with Crippen molar-refractivity contribution in [3.63, 3.8) is 0 Å². The van der Waals surface area contributed by atoms with Gasteiger partial charge < -0.3 is 21.1 Å². The molecule has 2 amide bonds. The number of halogens is 1. The van der Waals surface area contributed by atoms with Gasteiger partial charge >= 0.3 is 0 Å². The highest BCUT2D eigenvalue weighted by Crippen LogP contribution is 2.09. The van der Waals surface area contributed by atoms with Gasteiger partial charge in [0, 0.05) is 25.5 Å². The summed E-state index contributed by atoms with van der Waals surface area (Å²) in [4.78, 5) is 23.7. The van der Waals surface area contributed by atoms with Crippen LogP contribution in [-0.2, 0) is 27.3 Å². The Bertz CT molecular complexity index is 687. The third-order valence-electron chi connectivity index (χ3n) is 3.20. The van der Waals surface area contributed by atoms with E-state index in [0.29, 0.717) is 24.5 Å². The molecular weight excluding hydrogens is 346 g/mol. The molecule has 1 aromatic carbocycles. The average Bonchev–Trinajstić information content (AvgIpc) is 2.96. The van der Waals surface area contributed by atoms with E-state index in [0.717, 1.165) is 5.56 Å². The number of methoxy groups -OCH3 is 1. The summed E-state index contributed by atoms with van der Waals surface area (Å²) in [7, 11) is 1.57. The van der Waals surface area contributed by atoms with Crippen LogP contribution < -0.4 is 16.4 Å². The van der Waals surface area contributed by atoms with E-state index in [2.05, 4.69) is 15.7 Å². The Morgan fingerprint density at radius 3 is 2.64 bits per heavy atom. The lowest BCUT2D eigenvalue weighted by Gasteiger charge is -2.04. The molecule has 0 spiro atoms. The van der Waals surface area contributed by atoms with Crippen LogP contribution in [0.4, 0.5) is 11.4 Å². The number of hydrogen-bond acceptors (Lipinski definition) is 5. The lowest BCUT2D eigenvalue weighted by atomic mass is 10.1. The second-order valence-electron chi connectivity index (χ2n) is 5.24. The number of ether oxygens (including phenoxy) is 1.